The minimum Gasteiger partial charge on any atom is -0.496 e. The number of rotatable bonds is 7. The van der Waals surface area contributed by atoms with Gasteiger partial charge in [0.1, 0.15) is 5.75 Å². The van der Waals surface area contributed by atoms with Crippen molar-refractivity contribution in [2.24, 2.45) is 5.92 Å². The van der Waals surface area contributed by atoms with Gasteiger partial charge in [0, 0.05) is 18.2 Å². The molecule has 1 aliphatic heterocycles. The summed E-state index contributed by atoms with van der Waals surface area (Å²) in [6.07, 6.45) is 1.52. The van der Waals surface area contributed by atoms with Gasteiger partial charge < -0.3 is 19.3 Å². The molecule has 0 bridgehead atoms. The summed E-state index contributed by atoms with van der Waals surface area (Å²) in [6.45, 7) is 1.27. The zero-order chi connectivity index (χ0) is 22.7. The summed E-state index contributed by atoms with van der Waals surface area (Å²) >= 11 is 0. The zero-order valence-electron chi connectivity index (χ0n) is 18.7. The number of ether oxygens (including phenoxy) is 3. The van der Waals surface area contributed by atoms with Gasteiger partial charge in [-0.1, -0.05) is 42.5 Å². The normalized spacial score (nSPS) is 17.7. The van der Waals surface area contributed by atoms with E-state index in [0.717, 1.165) is 34.9 Å². The molecule has 0 aromatic heterocycles. The van der Waals surface area contributed by atoms with Crippen LogP contribution < -0.4 is 14.2 Å². The Hall–Kier alpha value is -3.25. The molecule has 6 nitrogen and oxygen atoms in total. The zero-order valence-corrected chi connectivity index (χ0v) is 18.7. The van der Waals surface area contributed by atoms with Gasteiger partial charge in [0.05, 0.1) is 33.3 Å². The first-order valence-electron chi connectivity index (χ1n) is 10.8. The third-order valence-corrected chi connectivity index (χ3v) is 6.32. The SMILES string of the molecule is COc1cc(OC)c(C(c2cccc3ccccc23)N2CCCC(C(=O)O)C2)cc1OC. The fourth-order valence-electron chi connectivity index (χ4n) is 4.76. The summed E-state index contributed by atoms with van der Waals surface area (Å²) in [5.41, 5.74) is 2.03. The smallest absolute Gasteiger partial charge is 0.307 e. The average molecular weight is 436 g/mol. The van der Waals surface area contributed by atoms with Gasteiger partial charge in [-0.25, -0.2) is 0 Å². The Labute approximate surface area is 188 Å². The summed E-state index contributed by atoms with van der Waals surface area (Å²) in [5.74, 6) is 0.739. The van der Waals surface area contributed by atoms with Crippen molar-refractivity contribution in [3.8, 4) is 17.2 Å². The molecular formula is C26H29NO5. The van der Waals surface area contributed by atoms with Crippen LogP contribution in [0.5, 0.6) is 17.2 Å². The van der Waals surface area contributed by atoms with Crippen LogP contribution in [0.15, 0.2) is 54.6 Å². The Bertz CT molecular complexity index is 1110. The largest absolute Gasteiger partial charge is 0.496 e. The second-order valence-electron chi connectivity index (χ2n) is 8.09. The first kappa shape index (κ1) is 22.0. The molecule has 1 N–H and O–H groups in total. The van der Waals surface area contributed by atoms with Crippen LogP contribution in [0.1, 0.15) is 30.0 Å². The van der Waals surface area contributed by atoms with Crippen LogP contribution in [0.3, 0.4) is 0 Å². The molecule has 0 amide bonds. The lowest BCUT2D eigenvalue weighted by atomic mass is 9.88. The lowest BCUT2D eigenvalue weighted by Gasteiger charge is -2.38. The maximum absolute atomic E-state index is 11.8. The second-order valence-corrected chi connectivity index (χ2v) is 8.09. The Morgan fingerprint density at radius 2 is 1.62 bits per heavy atom. The highest BCUT2D eigenvalue weighted by Crippen LogP contribution is 2.44. The molecule has 2 atom stereocenters. The fourth-order valence-corrected chi connectivity index (χ4v) is 4.76. The molecule has 3 aromatic carbocycles. The van der Waals surface area contributed by atoms with E-state index in [2.05, 4.69) is 35.2 Å². The lowest BCUT2D eigenvalue weighted by Crippen LogP contribution is -2.41. The molecule has 2 unspecified atom stereocenters. The highest BCUT2D eigenvalue weighted by molar-refractivity contribution is 5.86. The standard InChI is InChI=1S/C26H29NO5/c1-30-22-15-24(32-3)23(31-2)14-21(22)25(27-13-7-10-18(16-27)26(28)29)20-12-6-9-17-8-4-5-11-19(17)20/h4-6,8-9,11-12,14-15,18,25H,7,10,13,16H2,1-3H3,(H,28,29). The first-order chi connectivity index (χ1) is 15.6. The number of likely N-dealkylation sites (tertiary alicyclic amines) is 1. The molecule has 6 heteroatoms. The van der Waals surface area contributed by atoms with Crippen molar-refractivity contribution in [3.63, 3.8) is 0 Å². The quantitative estimate of drug-likeness (QED) is 0.578. The van der Waals surface area contributed by atoms with Gasteiger partial charge in [0.25, 0.3) is 0 Å². The highest BCUT2D eigenvalue weighted by atomic mass is 16.5. The van der Waals surface area contributed by atoms with Crippen LogP contribution in [0.2, 0.25) is 0 Å². The molecular weight excluding hydrogens is 406 g/mol. The van der Waals surface area contributed by atoms with Gasteiger partial charge in [0.2, 0.25) is 0 Å². The van der Waals surface area contributed by atoms with Crippen LogP contribution in [-0.4, -0.2) is 50.4 Å². The minimum absolute atomic E-state index is 0.196. The molecule has 3 aromatic rings. The van der Waals surface area contributed by atoms with Gasteiger partial charge in [-0.05, 0) is 41.8 Å². The van der Waals surface area contributed by atoms with Crippen LogP contribution in [0.25, 0.3) is 10.8 Å². The van der Waals surface area contributed by atoms with Gasteiger partial charge in [0.15, 0.2) is 11.5 Å². The van der Waals surface area contributed by atoms with Crippen molar-refractivity contribution in [2.75, 3.05) is 34.4 Å². The van der Waals surface area contributed by atoms with Gasteiger partial charge >= 0.3 is 5.97 Å². The number of carboxylic acid groups (broad SMARTS) is 1. The van der Waals surface area contributed by atoms with Crippen LogP contribution in [0, 0.1) is 5.92 Å². The Morgan fingerprint density at radius 3 is 2.34 bits per heavy atom. The number of carboxylic acids is 1. The molecule has 32 heavy (non-hydrogen) atoms. The third kappa shape index (κ3) is 4.10. The molecule has 0 saturated carbocycles. The van der Waals surface area contributed by atoms with Crippen molar-refractivity contribution in [1.82, 2.24) is 4.90 Å². The molecule has 0 aliphatic carbocycles. The topological polar surface area (TPSA) is 68.2 Å². The van der Waals surface area contributed by atoms with E-state index >= 15 is 0 Å². The van der Waals surface area contributed by atoms with E-state index in [1.165, 1.54) is 0 Å². The summed E-state index contributed by atoms with van der Waals surface area (Å²) in [5, 5.41) is 12.0. The van der Waals surface area contributed by atoms with Crippen molar-refractivity contribution in [3.05, 3.63) is 65.7 Å². The van der Waals surface area contributed by atoms with Crippen molar-refractivity contribution in [2.45, 2.75) is 18.9 Å². The van der Waals surface area contributed by atoms with E-state index in [1.54, 1.807) is 21.3 Å². The predicted octanol–water partition coefficient (Wildman–Crippen LogP) is 4.75. The van der Waals surface area contributed by atoms with E-state index in [1.807, 2.05) is 24.3 Å². The van der Waals surface area contributed by atoms with Crippen LogP contribution >= 0.6 is 0 Å². The monoisotopic (exact) mass is 435 g/mol. The molecule has 1 aliphatic rings. The number of hydrogen-bond donors (Lipinski definition) is 1. The Kier molecular flexibility index (Phi) is 6.51. The lowest BCUT2D eigenvalue weighted by molar-refractivity contribution is -0.143. The summed E-state index contributed by atoms with van der Waals surface area (Å²) < 4.78 is 16.9. The van der Waals surface area contributed by atoms with Crippen molar-refractivity contribution in [1.29, 1.82) is 0 Å². The van der Waals surface area contributed by atoms with Crippen LogP contribution in [-0.2, 0) is 4.79 Å². The maximum Gasteiger partial charge on any atom is 0.307 e. The molecule has 0 radical (unpaired) electrons. The Morgan fingerprint density at radius 1 is 0.938 bits per heavy atom. The highest BCUT2D eigenvalue weighted by Gasteiger charge is 2.34. The molecule has 1 heterocycles. The number of fused-ring (bicyclic) bond motifs is 1. The van der Waals surface area contributed by atoms with Gasteiger partial charge in [-0.3, -0.25) is 9.69 Å². The number of piperidine rings is 1. The molecule has 4 rings (SSSR count). The second kappa shape index (κ2) is 9.49. The van der Waals surface area contributed by atoms with Gasteiger partial charge in [-0.15, -0.1) is 0 Å². The summed E-state index contributed by atoms with van der Waals surface area (Å²) in [6, 6.07) is 18.1. The maximum atomic E-state index is 11.8. The Balaban J connectivity index is 1.93. The minimum atomic E-state index is -0.745. The average Bonchev–Trinajstić information content (AvgIpc) is 2.84. The van der Waals surface area contributed by atoms with Gasteiger partial charge in [-0.2, -0.15) is 0 Å². The number of carbonyl (C=O) groups is 1. The first-order valence-corrected chi connectivity index (χ1v) is 10.8. The molecule has 1 fully saturated rings. The van der Waals surface area contributed by atoms with E-state index in [-0.39, 0.29) is 6.04 Å². The molecule has 1 saturated heterocycles. The van der Waals surface area contributed by atoms with E-state index in [0.29, 0.717) is 30.2 Å². The third-order valence-electron chi connectivity index (χ3n) is 6.32. The summed E-state index contributed by atoms with van der Waals surface area (Å²) in [7, 11) is 4.85. The van der Waals surface area contributed by atoms with E-state index in [4.69, 9.17) is 14.2 Å². The molecule has 0 spiro atoms. The van der Waals surface area contributed by atoms with Crippen molar-refractivity contribution >= 4 is 16.7 Å². The van der Waals surface area contributed by atoms with E-state index < -0.39 is 11.9 Å². The molecule has 168 valence electrons. The number of hydrogen-bond acceptors (Lipinski definition) is 5. The van der Waals surface area contributed by atoms with E-state index in [9.17, 15) is 9.90 Å². The number of methoxy groups -OCH3 is 3. The van der Waals surface area contributed by atoms with Crippen LogP contribution in [0.4, 0.5) is 0 Å². The fraction of sp³-hybridized carbons (Fsp3) is 0.346. The number of benzene rings is 3. The number of nitrogens with zero attached hydrogens (tertiary/aromatic N) is 1. The number of aliphatic carboxylic acids is 1. The van der Waals surface area contributed by atoms with Crippen molar-refractivity contribution < 1.29 is 24.1 Å². The predicted molar refractivity (Wildman–Crippen MR) is 124 cm³/mol. The summed E-state index contributed by atoms with van der Waals surface area (Å²) in [4.78, 5) is 14.1.